The molecule has 2 bridgehead atoms. The molecule has 0 aliphatic carbocycles. The number of fused-ring (bicyclic) bond motifs is 3. The molecule has 3 aromatic rings. The lowest BCUT2D eigenvalue weighted by Crippen LogP contribution is -2.48. The molecule has 2 unspecified atom stereocenters. The summed E-state index contributed by atoms with van der Waals surface area (Å²) in [5.74, 6) is 1.02. The number of pyridine rings is 1. The number of carbonyl (C=O) groups excluding carboxylic acids is 1. The van der Waals surface area contributed by atoms with E-state index >= 15 is 0 Å². The summed E-state index contributed by atoms with van der Waals surface area (Å²) in [7, 11) is -2.55. The standard InChI is InChI=1S/C38H62N6O5Si2/c1-37(2,3)49-36(45)43-29-13-14-30(43)21-28(20-29)32-22-34(42(25-47-16-18-50(6,7)8)26-48-17-19-51(9,10)11)44-35(41-32)31(24-40-44)27-12-15-33(39-23-27)38(4,5)46/h12,15,22-24,28-30,46H,13-14,16-21,25-26H2,1-11H3. The van der Waals surface area contributed by atoms with Crippen molar-refractivity contribution in [1.29, 1.82) is 0 Å². The van der Waals surface area contributed by atoms with Crippen molar-refractivity contribution in [2.45, 2.75) is 141 Å². The van der Waals surface area contributed by atoms with E-state index in [1.165, 1.54) is 0 Å². The van der Waals surface area contributed by atoms with Gasteiger partial charge >= 0.3 is 6.09 Å². The van der Waals surface area contributed by atoms with Crippen molar-refractivity contribution in [3.05, 3.63) is 42.0 Å². The van der Waals surface area contributed by atoms with Gasteiger partial charge in [-0.3, -0.25) is 4.98 Å². The van der Waals surface area contributed by atoms with Gasteiger partial charge in [-0.05, 0) is 78.5 Å². The first kappa shape index (κ1) is 39.4. The largest absolute Gasteiger partial charge is 0.444 e. The van der Waals surface area contributed by atoms with Crippen molar-refractivity contribution < 1.29 is 24.1 Å². The molecule has 1 N–H and O–H groups in total. The van der Waals surface area contributed by atoms with Crippen LogP contribution >= 0.6 is 0 Å². The number of aromatic nitrogens is 4. The summed E-state index contributed by atoms with van der Waals surface area (Å²) in [6, 6.07) is 8.37. The lowest BCUT2D eigenvalue weighted by molar-refractivity contribution is 0.00568. The molecule has 0 aromatic carbocycles. The van der Waals surface area contributed by atoms with Crippen LogP contribution in [0.1, 0.15) is 77.6 Å². The Balaban J connectivity index is 1.53. The van der Waals surface area contributed by atoms with Crippen LogP contribution in [0.3, 0.4) is 0 Å². The highest BCUT2D eigenvalue weighted by Crippen LogP contribution is 2.44. The van der Waals surface area contributed by atoms with E-state index in [-0.39, 0.29) is 24.1 Å². The molecule has 13 heteroatoms. The molecule has 2 aliphatic rings. The third-order valence-electron chi connectivity index (χ3n) is 9.74. The highest BCUT2D eigenvalue weighted by molar-refractivity contribution is 6.76. The fourth-order valence-corrected chi connectivity index (χ4v) is 8.34. The van der Waals surface area contributed by atoms with E-state index in [1.807, 2.05) is 48.5 Å². The van der Waals surface area contributed by atoms with Gasteiger partial charge in [-0.2, -0.15) is 9.61 Å². The first-order valence-corrected chi connectivity index (χ1v) is 26.1. The van der Waals surface area contributed by atoms with E-state index in [4.69, 9.17) is 24.3 Å². The predicted octanol–water partition coefficient (Wildman–Crippen LogP) is 8.10. The molecule has 0 radical (unpaired) electrons. The van der Waals surface area contributed by atoms with Crippen LogP contribution in [0.2, 0.25) is 51.4 Å². The summed E-state index contributed by atoms with van der Waals surface area (Å²) in [5.41, 5.74) is 2.47. The number of rotatable bonds is 14. The normalized spacial score (nSPS) is 19.9. The summed E-state index contributed by atoms with van der Waals surface area (Å²) in [5, 5.41) is 15.4. The van der Waals surface area contributed by atoms with Crippen LogP contribution in [0.5, 0.6) is 0 Å². The zero-order chi connectivity index (χ0) is 37.4. The fourth-order valence-electron chi connectivity index (χ4n) is 6.83. The summed E-state index contributed by atoms with van der Waals surface area (Å²) in [6.45, 7) is 25.5. The average molecular weight is 739 g/mol. The molecule has 2 aliphatic heterocycles. The number of piperidine rings is 1. The van der Waals surface area contributed by atoms with Crippen molar-refractivity contribution in [2.75, 3.05) is 31.6 Å². The number of amides is 1. The van der Waals surface area contributed by atoms with Gasteiger partial charge in [0, 0.05) is 76.4 Å². The number of hydrogen-bond donors (Lipinski definition) is 1. The third-order valence-corrected chi connectivity index (χ3v) is 13.1. The predicted molar refractivity (Wildman–Crippen MR) is 209 cm³/mol. The summed E-state index contributed by atoms with van der Waals surface area (Å²) in [4.78, 5) is 27.3. The van der Waals surface area contributed by atoms with Crippen molar-refractivity contribution in [3.8, 4) is 11.1 Å². The number of aliphatic hydroxyl groups is 1. The maximum atomic E-state index is 13.3. The summed E-state index contributed by atoms with van der Waals surface area (Å²) in [6.07, 6.45) is 7.00. The molecule has 5 heterocycles. The van der Waals surface area contributed by atoms with Gasteiger partial charge in [0.05, 0.1) is 11.9 Å². The minimum absolute atomic E-state index is 0.110. The van der Waals surface area contributed by atoms with Crippen molar-refractivity contribution in [2.24, 2.45) is 0 Å². The number of ether oxygens (including phenoxy) is 3. The molecule has 3 aromatic heterocycles. The minimum atomic E-state index is -1.28. The van der Waals surface area contributed by atoms with E-state index < -0.39 is 27.3 Å². The van der Waals surface area contributed by atoms with E-state index in [9.17, 15) is 9.90 Å². The van der Waals surface area contributed by atoms with E-state index in [2.05, 4.69) is 55.2 Å². The average Bonchev–Trinajstić information content (AvgIpc) is 3.55. The maximum Gasteiger partial charge on any atom is 0.410 e. The molecule has 2 atom stereocenters. The molecule has 0 spiro atoms. The van der Waals surface area contributed by atoms with Gasteiger partial charge in [0.2, 0.25) is 0 Å². The Bertz CT molecular complexity index is 1600. The van der Waals surface area contributed by atoms with E-state index in [1.54, 1.807) is 20.0 Å². The Labute approximate surface area is 307 Å². The van der Waals surface area contributed by atoms with Crippen LogP contribution in [0, 0.1) is 0 Å². The Morgan fingerprint density at radius 3 is 2.00 bits per heavy atom. The topological polar surface area (TPSA) is 115 Å². The first-order valence-electron chi connectivity index (χ1n) is 18.7. The summed E-state index contributed by atoms with van der Waals surface area (Å²) >= 11 is 0. The third kappa shape index (κ3) is 10.4. The number of anilines is 1. The molecular formula is C38H62N6O5Si2. The monoisotopic (exact) mass is 738 g/mol. The molecular weight excluding hydrogens is 677 g/mol. The van der Waals surface area contributed by atoms with Gasteiger partial charge in [-0.25, -0.2) is 9.78 Å². The Hall–Kier alpha value is -2.85. The minimum Gasteiger partial charge on any atom is -0.444 e. The summed E-state index contributed by atoms with van der Waals surface area (Å²) < 4.78 is 20.4. The molecule has 2 saturated heterocycles. The molecule has 0 saturated carbocycles. The van der Waals surface area contributed by atoms with Gasteiger partial charge < -0.3 is 29.1 Å². The van der Waals surface area contributed by atoms with Crippen molar-refractivity contribution in [1.82, 2.24) is 24.5 Å². The van der Waals surface area contributed by atoms with E-state index in [0.717, 1.165) is 66.1 Å². The number of nitrogens with zero attached hydrogens (tertiary/aromatic N) is 6. The Kier molecular flexibility index (Phi) is 11.8. The quantitative estimate of drug-likeness (QED) is 0.0996. The molecule has 1 amide bonds. The number of hydrogen-bond acceptors (Lipinski definition) is 9. The molecule has 5 rings (SSSR count). The van der Waals surface area contributed by atoms with Crippen molar-refractivity contribution >= 4 is 33.7 Å². The molecule has 282 valence electrons. The van der Waals surface area contributed by atoms with Crippen LogP contribution in [0.25, 0.3) is 16.8 Å². The highest BCUT2D eigenvalue weighted by atomic mass is 28.3. The fraction of sp³-hybridized carbons (Fsp3) is 0.684. The van der Waals surface area contributed by atoms with Crippen molar-refractivity contribution in [3.63, 3.8) is 0 Å². The Morgan fingerprint density at radius 1 is 0.922 bits per heavy atom. The second-order valence-electron chi connectivity index (χ2n) is 18.5. The lowest BCUT2D eigenvalue weighted by atomic mass is 9.88. The number of carbonyl (C=O) groups is 1. The SMILES string of the molecule is CC(C)(C)OC(=O)N1C2CCC1CC(c1cc(N(COCC[Si](C)(C)C)COCC[Si](C)(C)C)n3ncc(-c4ccc(C(C)(C)O)nc4)c3n1)C2. The Morgan fingerprint density at radius 2 is 1.51 bits per heavy atom. The zero-order valence-corrected chi connectivity index (χ0v) is 35.0. The van der Waals surface area contributed by atoms with Gasteiger partial charge in [0.15, 0.2) is 5.65 Å². The first-order chi connectivity index (χ1) is 23.7. The molecule has 11 nitrogen and oxygen atoms in total. The second kappa shape index (κ2) is 15.3. The van der Waals surface area contributed by atoms with Gasteiger partial charge in [0.1, 0.15) is 30.5 Å². The van der Waals surface area contributed by atoms with Crippen LogP contribution in [-0.2, 0) is 19.8 Å². The van der Waals surface area contributed by atoms with Gasteiger partial charge in [-0.1, -0.05) is 45.3 Å². The van der Waals surface area contributed by atoms with Crippen LogP contribution in [0.4, 0.5) is 10.6 Å². The molecule has 2 fully saturated rings. The van der Waals surface area contributed by atoms with Gasteiger partial charge in [-0.15, -0.1) is 0 Å². The second-order valence-corrected chi connectivity index (χ2v) is 29.7. The lowest BCUT2D eigenvalue weighted by Gasteiger charge is -2.39. The van der Waals surface area contributed by atoms with Gasteiger partial charge in [0.25, 0.3) is 0 Å². The van der Waals surface area contributed by atoms with Crippen LogP contribution in [0.15, 0.2) is 30.6 Å². The molecule has 51 heavy (non-hydrogen) atoms. The smallest absolute Gasteiger partial charge is 0.410 e. The van der Waals surface area contributed by atoms with E-state index in [0.29, 0.717) is 32.4 Å². The van der Waals surface area contributed by atoms with Crippen LogP contribution in [-0.4, -0.2) is 96.2 Å². The maximum absolute atomic E-state index is 13.3. The zero-order valence-electron chi connectivity index (χ0n) is 33.0. The highest BCUT2D eigenvalue weighted by Gasteiger charge is 2.45. The van der Waals surface area contributed by atoms with Crippen LogP contribution < -0.4 is 4.90 Å².